The maximum Gasteiger partial charge on any atom is 0.151 e. The Balaban J connectivity index is 2.45. The fourth-order valence-corrected chi connectivity index (χ4v) is 1.63. The van der Waals surface area contributed by atoms with Crippen molar-refractivity contribution in [3.05, 3.63) is 0 Å². The molecule has 3 N–H and O–H groups in total. The van der Waals surface area contributed by atoms with Crippen molar-refractivity contribution in [2.75, 3.05) is 0 Å². The van der Waals surface area contributed by atoms with Gasteiger partial charge in [-0.1, -0.05) is 13.3 Å². The highest BCUT2D eigenvalue weighted by molar-refractivity contribution is 4.79. The second-order valence-corrected chi connectivity index (χ2v) is 3.36. The monoisotopic (exact) mass is 145 g/mol. The van der Waals surface area contributed by atoms with Crippen LogP contribution in [0, 0.1) is 5.92 Å². The Kier molecular flexibility index (Phi) is 2.28. The van der Waals surface area contributed by atoms with Crippen LogP contribution >= 0.6 is 0 Å². The van der Waals surface area contributed by atoms with Crippen LogP contribution in [0.1, 0.15) is 32.6 Å². The molecule has 1 fully saturated rings. The Morgan fingerprint density at radius 2 is 2.40 bits per heavy atom. The third kappa shape index (κ3) is 1.68. The minimum Gasteiger partial charge on any atom is -0.301 e. The van der Waals surface area contributed by atoms with E-state index in [1.165, 1.54) is 6.42 Å². The first-order chi connectivity index (χ1) is 4.66. The van der Waals surface area contributed by atoms with E-state index in [-0.39, 0.29) is 0 Å². The Morgan fingerprint density at radius 3 is 2.80 bits per heavy atom. The summed E-state index contributed by atoms with van der Waals surface area (Å²) in [5.74, 6) is 0.575. The van der Waals surface area contributed by atoms with E-state index in [0.29, 0.717) is 5.92 Å². The molecule has 2 atom stereocenters. The van der Waals surface area contributed by atoms with Crippen LogP contribution in [-0.2, 0) is 4.89 Å². The molecule has 1 saturated carbocycles. The summed E-state index contributed by atoms with van der Waals surface area (Å²) in [5, 5.41) is 8.44. The maximum atomic E-state index is 8.44. The summed E-state index contributed by atoms with van der Waals surface area (Å²) in [6, 6.07) is 0. The van der Waals surface area contributed by atoms with Crippen LogP contribution in [0.3, 0.4) is 0 Å². The van der Waals surface area contributed by atoms with Gasteiger partial charge < -0.3 is 5.73 Å². The van der Waals surface area contributed by atoms with Gasteiger partial charge in [0, 0.05) is 0 Å². The van der Waals surface area contributed by atoms with Crippen LogP contribution in [0.4, 0.5) is 0 Å². The minimum atomic E-state index is -0.752. The largest absolute Gasteiger partial charge is 0.301 e. The fourth-order valence-electron chi connectivity index (χ4n) is 1.63. The zero-order valence-corrected chi connectivity index (χ0v) is 6.34. The zero-order valence-electron chi connectivity index (χ0n) is 6.34. The summed E-state index contributed by atoms with van der Waals surface area (Å²) >= 11 is 0. The molecule has 2 unspecified atom stereocenters. The first-order valence-corrected chi connectivity index (χ1v) is 3.78. The van der Waals surface area contributed by atoms with Crippen LogP contribution in [0.25, 0.3) is 0 Å². The van der Waals surface area contributed by atoms with E-state index in [0.717, 1.165) is 19.3 Å². The second-order valence-electron chi connectivity index (χ2n) is 3.36. The number of rotatable bonds is 1. The van der Waals surface area contributed by atoms with Crippen molar-refractivity contribution < 1.29 is 10.1 Å². The van der Waals surface area contributed by atoms with E-state index < -0.39 is 5.72 Å². The quantitative estimate of drug-likeness (QED) is 0.332. The lowest BCUT2D eigenvalue weighted by Crippen LogP contribution is -2.45. The molecule has 0 spiro atoms. The highest BCUT2D eigenvalue weighted by atomic mass is 17.1. The van der Waals surface area contributed by atoms with Crippen LogP contribution < -0.4 is 5.73 Å². The van der Waals surface area contributed by atoms with Gasteiger partial charge in [-0.15, -0.1) is 0 Å². The van der Waals surface area contributed by atoms with Gasteiger partial charge in [-0.25, -0.2) is 10.1 Å². The fraction of sp³-hybridized carbons (Fsp3) is 1.00. The first-order valence-electron chi connectivity index (χ1n) is 3.78. The average Bonchev–Trinajstić information content (AvgIpc) is 1.88. The molecular weight excluding hydrogens is 130 g/mol. The number of nitrogens with two attached hydrogens (primary N) is 1. The van der Waals surface area contributed by atoms with Crippen LogP contribution in [-0.4, -0.2) is 11.0 Å². The van der Waals surface area contributed by atoms with Crippen LogP contribution in [0.2, 0.25) is 0 Å². The normalized spacial score (nSPS) is 41.7. The third-order valence-electron chi connectivity index (χ3n) is 2.17. The van der Waals surface area contributed by atoms with Crippen molar-refractivity contribution in [2.45, 2.75) is 38.3 Å². The summed E-state index contributed by atoms with van der Waals surface area (Å²) in [7, 11) is 0. The van der Waals surface area contributed by atoms with E-state index in [9.17, 15) is 0 Å². The van der Waals surface area contributed by atoms with Crippen LogP contribution in [0.15, 0.2) is 0 Å². The van der Waals surface area contributed by atoms with E-state index in [1.807, 2.05) is 0 Å². The van der Waals surface area contributed by atoms with Crippen molar-refractivity contribution in [3.8, 4) is 0 Å². The van der Waals surface area contributed by atoms with E-state index in [2.05, 4.69) is 11.8 Å². The van der Waals surface area contributed by atoms with Gasteiger partial charge in [-0.2, -0.15) is 0 Å². The predicted molar refractivity (Wildman–Crippen MR) is 38.3 cm³/mol. The molecule has 0 aromatic carbocycles. The van der Waals surface area contributed by atoms with Gasteiger partial charge in [0.1, 0.15) is 0 Å². The number of hydrogen-bond donors (Lipinski definition) is 2. The maximum absolute atomic E-state index is 8.44. The van der Waals surface area contributed by atoms with Gasteiger partial charge in [0.25, 0.3) is 0 Å². The summed E-state index contributed by atoms with van der Waals surface area (Å²) < 4.78 is 0. The molecule has 0 bridgehead atoms. The Morgan fingerprint density at radius 1 is 1.70 bits per heavy atom. The Labute approximate surface area is 61.1 Å². The molecule has 1 aliphatic rings. The van der Waals surface area contributed by atoms with Gasteiger partial charge in [-0.3, -0.25) is 0 Å². The molecule has 0 heterocycles. The highest BCUT2D eigenvalue weighted by Gasteiger charge is 2.32. The molecule has 1 aliphatic carbocycles. The molecule has 10 heavy (non-hydrogen) atoms. The lowest BCUT2D eigenvalue weighted by Gasteiger charge is -2.33. The van der Waals surface area contributed by atoms with Crippen molar-refractivity contribution in [1.29, 1.82) is 0 Å². The van der Waals surface area contributed by atoms with Gasteiger partial charge in [-0.05, 0) is 25.2 Å². The van der Waals surface area contributed by atoms with Crippen molar-refractivity contribution in [3.63, 3.8) is 0 Å². The standard InChI is InChI=1S/C7H15NO2/c1-6-3-2-4-7(8,5-6)10-9/h6,9H,2-5,8H2,1H3. The van der Waals surface area contributed by atoms with Crippen molar-refractivity contribution in [1.82, 2.24) is 0 Å². The van der Waals surface area contributed by atoms with Gasteiger partial charge in [0.15, 0.2) is 5.72 Å². The molecule has 3 heteroatoms. The highest BCUT2D eigenvalue weighted by Crippen LogP contribution is 2.30. The smallest absolute Gasteiger partial charge is 0.151 e. The van der Waals surface area contributed by atoms with Crippen LogP contribution in [0.5, 0.6) is 0 Å². The number of hydrogen-bond acceptors (Lipinski definition) is 3. The van der Waals surface area contributed by atoms with E-state index in [1.54, 1.807) is 0 Å². The van der Waals surface area contributed by atoms with Gasteiger partial charge in [0.2, 0.25) is 0 Å². The Bertz CT molecular complexity index is 118. The second kappa shape index (κ2) is 2.86. The summed E-state index contributed by atoms with van der Waals surface area (Å²) in [4.78, 5) is 4.23. The van der Waals surface area contributed by atoms with Crippen molar-refractivity contribution in [2.24, 2.45) is 11.7 Å². The molecule has 0 radical (unpaired) electrons. The molecule has 0 aromatic rings. The lowest BCUT2D eigenvalue weighted by atomic mass is 9.85. The Hall–Kier alpha value is -0.120. The molecule has 1 rings (SSSR count). The zero-order chi connectivity index (χ0) is 7.61. The average molecular weight is 145 g/mol. The van der Waals surface area contributed by atoms with E-state index in [4.69, 9.17) is 11.0 Å². The summed E-state index contributed by atoms with van der Waals surface area (Å²) in [5.41, 5.74) is 4.92. The van der Waals surface area contributed by atoms with Gasteiger partial charge in [0.05, 0.1) is 0 Å². The summed E-state index contributed by atoms with van der Waals surface area (Å²) in [6.07, 6.45) is 3.79. The van der Waals surface area contributed by atoms with Crippen molar-refractivity contribution >= 4 is 0 Å². The lowest BCUT2D eigenvalue weighted by molar-refractivity contribution is -0.331. The molecule has 3 nitrogen and oxygen atoms in total. The SMILES string of the molecule is CC1CCCC(N)(OO)C1. The van der Waals surface area contributed by atoms with E-state index >= 15 is 0 Å². The molecule has 0 aromatic heterocycles. The molecule has 60 valence electrons. The minimum absolute atomic E-state index is 0.575. The topological polar surface area (TPSA) is 55.5 Å². The molecular formula is C7H15NO2. The molecule has 0 saturated heterocycles. The van der Waals surface area contributed by atoms with Gasteiger partial charge >= 0.3 is 0 Å². The summed E-state index contributed by atoms with van der Waals surface area (Å²) in [6.45, 7) is 2.12. The third-order valence-corrected chi connectivity index (χ3v) is 2.17. The molecule has 0 aliphatic heterocycles. The molecule has 0 amide bonds. The first kappa shape index (κ1) is 7.98. The predicted octanol–water partition coefficient (Wildman–Crippen LogP) is 1.34.